The largest absolute Gasteiger partial charge is 0.508 e. The fraction of sp³-hybridized carbons (Fsp3) is 0.286. The molecule has 0 saturated carbocycles. The van der Waals surface area contributed by atoms with Crippen molar-refractivity contribution >= 4 is 22.9 Å². The van der Waals surface area contributed by atoms with E-state index in [1.165, 1.54) is 25.3 Å². The van der Waals surface area contributed by atoms with Gasteiger partial charge in [0.05, 0.1) is 7.11 Å². The van der Waals surface area contributed by atoms with Crippen LogP contribution in [0.15, 0.2) is 47.6 Å². The summed E-state index contributed by atoms with van der Waals surface area (Å²) in [6.07, 6.45) is -1.39. The van der Waals surface area contributed by atoms with Crippen molar-refractivity contribution in [2.45, 2.75) is 36.9 Å². The summed E-state index contributed by atoms with van der Waals surface area (Å²) < 4.78 is 26.7. The third kappa shape index (κ3) is 3.68. The standard InChI is InChI=1S/C28H20O9/c1-14-10-16(33-2)12-19-17(14)6-7-20(29)24(19)26(31)35-21-11-15-8-9-28(23-13-34-27(32)36-23)22(37-28)5-3-4-18(15)25(21)30/h4,6-7,10-12,21-23,25,29-30H,13H2,1-2H3/b18-4+/t21-,22-,23-,25-,28+/m1/s1. The van der Waals surface area contributed by atoms with Crippen LogP contribution < -0.4 is 4.74 Å². The van der Waals surface area contributed by atoms with Crippen molar-refractivity contribution < 1.29 is 43.5 Å². The third-order valence-electron chi connectivity index (χ3n) is 6.80. The molecule has 0 unspecified atom stereocenters. The lowest BCUT2D eigenvalue weighted by atomic mass is 9.98. The number of aryl methyl sites for hydroxylation is 1. The molecule has 4 aliphatic rings. The van der Waals surface area contributed by atoms with Gasteiger partial charge in [-0.2, -0.15) is 0 Å². The number of epoxide rings is 1. The monoisotopic (exact) mass is 500 g/mol. The lowest BCUT2D eigenvalue weighted by Crippen LogP contribution is -2.33. The average Bonchev–Trinajstić information content (AvgIpc) is 3.22. The van der Waals surface area contributed by atoms with Crippen LogP contribution in [0.1, 0.15) is 15.9 Å². The zero-order valence-electron chi connectivity index (χ0n) is 19.7. The van der Waals surface area contributed by atoms with Crippen LogP contribution in [-0.4, -0.2) is 66.1 Å². The number of esters is 1. The van der Waals surface area contributed by atoms with E-state index < -0.39 is 42.1 Å². The number of benzene rings is 2. The first kappa shape index (κ1) is 23.0. The van der Waals surface area contributed by atoms with Crippen molar-refractivity contribution in [3.8, 4) is 35.2 Å². The fourth-order valence-corrected chi connectivity index (χ4v) is 4.77. The molecule has 2 heterocycles. The van der Waals surface area contributed by atoms with E-state index in [9.17, 15) is 19.8 Å². The molecule has 0 aromatic heterocycles. The molecule has 186 valence electrons. The van der Waals surface area contributed by atoms with Gasteiger partial charge in [-0.3, -0.25) is 0 Å². The molecular formula is C28H20O9. The van der Waals surface area contributed by atoms with Crippen molar-refractivity contribution in [3.63, 3.8) is 0 Å². The predicted octanol–water partition coefficient (Wildman–Crippen LogP) is 2.31. The molecule has 0 bridgehead atoms. The van der Waals surface area contributed by atoms with Crippen LogP contribution in [-0.2, 0) is 18.9 Å². The van der Waals surface area contributed by atoms with Crippen LogP contribution >= 0.6 is 0 Å². The number of aliphatic hydroxyl groups excluding tert-OH is 1. The first-order valence-corrected chi connectivity index (χ1v) is 11.5. The number of aliphatic hydroxyl groups is 1. The summed E-state index contributed by atoms with van der Waals surface area (Å²) in [6, 6.07) is 6.61. The van der Waals surface area contributed by atoms with Crippen molar-refractivity contribution in [3.05, 3.63) is 58.7 Å². The lowest BCUT2D eigenvalue weighted by molar-refractivity contribution is 0.0139. The van der Waals surface area contributed by atoms with E-state index >= 15 is 0 Å². The van der Waals surface area contributed by atoms with E-state index in [1.54, 1.807) is 12.1 Å². The molecule has 2 saturated heterocycles. The topological polar surface area (TPSA) is 124 Å². The Hall–Kier alpha value is -4.44. The van der Waals surface area contributed by atoms with Crippen LogP contribution in [0.3, 0.4) is 0 Å². The van der Waals surface area contributed by atoms with Gasteiger partial charge in [0.1, 0.15) is 29.8 Å². The number of phenolic OH excluding ortho intramolecular Hbond substituents is 1. The molecule has 0 radical (unpaired) electrons. The van der Waals surface area contributed by atoms with Gasteiger partial charge in [0, 0.05) is 16.5 Å². The number of carbonyl (C=O) groups is 2. The average molecular weight is 500 g/mol. The molecule has 6 rings (SSSR count). The number of methoxy groups -OCH3 is 1. The van der Waals surface area contributed by atoms with Crippen molar-refractivity contribution in [2.24, 2.45) is 0 Å². The smallest absolute Gasteiger partial charge is 0.507 e. The van der Waals surface area contributed by atoms with Gasteiger partial charge in [-0.1, -0.05) is 29.7 Å². The normalized spacial score (nSPS) is 30.2. The number of allylic oxidation sites excluding steroid dienone is 1. The van der Waals surface area contributed by atoms with Gasteiger partial charge in [-0.25, -0.2) is 9.59 Å². The van der Waals surface area contributed by atoms with Crippen LogP contribution in [0.25, 0.3) is 10.8 Å². The molecular weight excluding hydrogens is 480 g/mol. The van der Waals surface area contributed by atoms with E-state index in [1.807, 2.05) is 13.0 Å². The maximum Gasteiger partial charge on any atom is 0.508 e. The van der Waals surface area contributed by atoms with Crippen LogP contribution in [0.4, 0.5) is 4.79 Å². The summed E-state index contributed by atoms with van der Waals surface area (Å²) in [7, 11) is 1.51. The van der Waals surface area contributed by atoms with E-state index in [0.717, 1.165) is 10.9 Å². The molecule has 2 N–H and O–H groups in total. The Morgan fingerprint density at radius 2 is 2.08 bits per heavy atom. The molecule has 2 aliphatic heterocycles. The maximum absolute atomic E-state index is 13.3. The molecule has 2 aromatic carbocycles. The number of ether oxygens (including phenoxy) is 5. The zero-order chi connectivity index (χ0) is 25.9. The number of fused-ring (bicyclic) bond motifs is 3. The van der Waals surface area contributed by atoms with E-state index in [0.29, 0.717) is 22.3 Å². The second kappa shape index (κ2) is 8.31. The lowest BCUT2D eigenvalue weighted by Gasteiger charge is -2.17. The Kier molecular flexibility index (Phi) is 5.16. The second-order valence-corrected chi connectivity index (χ2v) is 8.99. The van der Waals surface area contributed by atoms with Gasteiger partial charge in [0.25, 0.3) is 0 Å². The molecule has 0 spiro atoms. The fourth-order valence-electron chi connectivity index (χ4n) is 4.77. The minimum atomic E-state index is -1.23. The van der Waals surface area contributed by atoms with Crippen LogP contribution in [0, 0.1) is 30.6 Å². The highest BCUT2D eigenvalue weighted by atomic mass is 16.8. The predicted molar refractivity (Wildman–Crippen MR) is 128 cm³/mol. The molecule has 2 aromatic rings. The van der Waals surface area contributed by atoms with Crippen molar-refractivity contribution in [2.75, 3.05) is 13.7 Å². The van der Waals surface area contributed by atoms with Crippen molar-refractivity contribution in [1.82, 2.24) is 0 Å². The van der Waals surface area contributed by atoms with Crippen LogP contribution in [0.5, 0.6) is 11.5 Å². The van der Waals surface area contributed by atoms with Gasteiger partial charge < -0.3 is 33.9 Å². The quantitative estimate of drug-likeness (QED) is 0.370. The number of hydrogen-bond donors (Lipinski definition) is 2. The Balaban J connectivity index is 1.32. The number of aromatic hydroxyl groups is 1. The van der Waals surface area contributed by atoms with E-state index in [4.69, 9.17) is 23.7 Å². The maximum atomic E-state index is 13.3. The highest BCUT2D eigenvalue weighted by molar-refractivity contribution is 6.08. The van der Waals surface area contributed by atoms with E-state index in [2.05, 4.69) is 23.7 Å². The Morgan fingerprint density at radius 1 is 1.24 bits per heavy atom. The summed E-state index contributed by atoms with van der Waals surface area (Å²) in [5.41, 5.74) is 0.470. The van der Waals surface area contributed by atoms with Gasteiger partial charge in [0.15, 0.2) is 18.3 Å². The summed E-state index contributed by atoms with van der Waals surface area (Å²) in [5.74, 6) is 11.1. The van der Waals surface area contributed by atoms with Gasteiger partial charge in [-0.15, -0.1) is 0 Å². The number of rotatable bonds is 4. The zero-order valence-corrected chi connectivity index (χ0v) is 19.7. The second-order valence-electron chi connectivity index (χ2n) is 8.99. The third-order valence-corrected chi connectivity index (χ3v) is 6.80. The number of cyclic esters (lactones) is 2. The van der Waals surface area contributed by atoms with Crippen molar-refractivity contribution in [1.29, 1.82) is 0 Å². The minimum Gasteiger partial charge on any atom is -0.507 e. The molecule has 2 aliphatic carbocycles. The molecule has 2 fully saturated rings. The Labute approximate surface area is 211 Å². The highest BCUT2D eigenvalue weighted by Crippen LogP contribution is 2.43. The highest BCUT2D eigenvalue weighted by Gasteiger charge is 2.64. The molecule has 0 amide bonds. The summed E-state index contributed by atoms with van der Waals surface area (Å²) in [4.78, 5) is 24.7. The number of hydrogen-bond acceptors (Lipinski definition) is 9. The SMILES string of the molecule is COc1cc(C)c2ccc(O)c(C(=O)O[C@@H]3C=C4C#C[C@]5([C@H]6COC(=O)O6)O[C@@H]5C#C/C=C\4[C@H]3O)c2c1. The van der Waals surface area contributed by atoms with Gasteiger partial charge in [0.2, 0.25) is 5.60 Å². The molecule has 37 heavy (non-hydrogen) atoms. The Bertz CT molecular complexity index is 1560. The Morgan fingerprint density at radius 3 is 2.84 bits per heavy atom. The molecule has 9 heteroatoms. The summed E-state index contributed by atoms with van der Waals surface area (Å²) >= 11 is 0. The summed E-state index contributed by atoms with van der Waals surface area (Å²) in [6.45, 7) is 1.86. The van der Waals surface area contributed by atoms with Gasteiger partial charge >= 0.3 is 12.1 Å². The summed E-state index contributed by atoms with van der Waals surface area (Å²) in [5, 5.41) is 22.7. The number of phenols is 1. The van der Waals surface area contributed by atoms with Gasteiger partial charge in [-0.05, 0) is 48.2 Å². The first-order chi connectivity index (χ1) is 17.8. The molecule has 5 atom stereocenters. The van der Waals surface area contributed by atoms with E-state index in [-0.39, 0.29) is 17.9 Å². The first-order valence-electron chi connectivity index (χ1n) is 11.5. The number of carbonyl (C=O) groups excluding carboxylic acids is 2. The van der Waals surface area contributed by atoms with Crippen LogP contribution in [0.2, 0.25) is 0 Å². The minimum absolute atomic E-state index is 0.00727. The molecule has 9 nitrogen and oxygen atoms in total.